The molecule has 1 aliphatic rings. The SMILES string of the molecule is CC1C(CO)CCN1c1ccncc1Br. The maximum absolute atomic E-state index is 9.22. The summed E-state index contributed by atoms with van der Waals surface area (Å²) in [4.78, 5) is 6.38. The van der Waals surface area contributed by atoms with Gasteiger partial charge in [-0.25, -0.2) is 0 Å². The van der Waals surface area contributed by atoms with E-state index < -0.39 is 0 Å². The average molecular weight is 271 g/mol. The Morgan fingerprint density at radius 1 is 1.67 bits per heavy atom. The summed E-state index contributed by atoms with van der Waals surface area (Å²) in [6.07, 6.45) is 4.68. The van der Waals surface area contributed by atoms with Crippen LogP contribution in [-0.4, -0.2) is 29.3 Å². The van der Waals surface area contributed by atoms with Crippen molar-refractivity contribution >= 4 is 21.6 Å². The zero-order chi connectivity index (χ0) is 10.8. The fourth-order valence-corrected chi connectivity index (χ4v) is 2.67. The minimum Gasteiger partial charge on any atom is -0.396 e. The first kappa shape index (κ1) is 10.9. The molecular weight excluding hydrogens is 256 g/mol. The number of rotatable bonds is 2. The minimum absolute atomic E-state index is 0.278. The van der Waals surface area contributed by atoms with E-state index in [4.69, 9.17) is 0 Å². The summed E-state index contributed by atoms with van der Waals surface area (Å²) < 4.78 is 1.02. The van der Waals surface area contributed by atoms with Crippen molar-refractivity contribution in [2.75, 3.05) is 18.1 Å². The summed E-state index contributed by atoms with van der Waals surface area (Å²) in [5.74, 6) is 0.394. The van der Waals surface area contributed by atoms with Gasteiger partial charge in [-0.05, 0) is 35.3 Å². The zero-order valence-electron chi connectivity index (χ0n) is 8.73. The van der Waals surface area contributed by atoms with Crippen molar-refractivity contribution in [1.29, 1.82) is 0 Å². The Hall–Kier alpha value is -0.610. The molecule has 1 N–H and O–H groups in total. The topological polar surface area (TPSA) is 36.4 Å². The number of hydrogen-bond donors (Lipinski definition) is 1. The number of pyridine rings is 1. The van der Waals surface area contributed by atoms with E-state index in [0.29, 0.717) is 12.0 Å². The van der Waals surface area contributed by atoms with Crippen molar-refractivity contribution in [3.8, 4) is 0 Å². The number of halogens is 1. The number of aliphatic hydroxyl groups is 1. The zero-order valence-corrected chi connectivity index (χ0v) is 10.3. The van der Waals surface area contributed by atoms with E-state index in [2.05, 4.69) is 32.7 Å². The molecule has 0 saturated carbocycles. The molecule has 1 saturated heterocycles. The highest BCUT2D eigenvalue weighted by Crippen LogP contribution is 2.33. The summed E-state index contributed by atoms with van der Waals surface area (Å²) >= 11 is 3.51. The molecule has 82 valence electrons. The molecule has 2 unspecified atom stereocenters. The van der Waals surface area contributed by atoms with E-state index in [-0.39, 0.29) is 6.61 Å². The number of anilines is 1. The third kappa shape index (κ3) is 2.01. The molecule has 1 aliphatic heterocycles. The highest BCUT2D eigenvalue weighted by molar-refractivity contribution is 9.10. The lowest BCUT2D eigenvalue weighted by molar-refractivity contribution is 0.221. The summed E-state index contributed by atoms with van der Waals surface area (Å²) in [6, 6.07) is 2.41. The summed E-state index contributed by atoms with van der Waals surface area (Å²) in [5, 5.41) is 9.22. The number of aliphatic hydroxyl groups excluding tert-OH is 1. The van der Waals surface area contributed by atoms with Crippen molar-refractivity contribution in [3.05, 3.63) is 22.9 Å². The largest absolute Gasteiger partial charge is 0.396 e. The van der Waals surface area contributed by atoms with Crippen LogP contribution in [0.5, 0.6) is 0 Å². The van der Waals surface area contributed by atoms with Gasteiger partial charge in [0.15, 0.2) is 0 Å². The Kier molecular flexibility index (Phi) is 3.26. The first-order valence-corrected chi connectivity index (χ1v) is 6.00. The van der Waals surface area contributed by atoms with Gasteiger partial charge in [0.2, 0.25) is 0 Å². The van der Waals surface area contributed by atoms with Crippen LogP contribution in [0.2, 0.25) is 0 Å². The van der Waals surface area contributed by atoms with Crippen LogP contribution >= 0.6 is 15.9 Å². The quantitative estimate of drug-likeness (QED) is 0.894. The first-order valence-electron chi connectivity index (χ1n) is 5.21. The van der Waals surface area contributed by atoms with Crippen LogP contribution < -0.4 is 4.90 Å². The Morgan fingerprint density at radius 2 is 2.47 bits per heavy atom. The Bertz CT molecular complexity index is 345. The Morgan fingerprint density at radius 3 is 3.07 bits per heavy atom. The molecule has 4 heteroatoms. The Labute approximate surface area is 98.3 Å². The monoisotopic (exact) mass is 270 g/mol. The highest BCUT2D eigenvalue weighted by Gasteiger charge is 2.30. The molecule has 2 rings (SSSR count). The molecule has 0 amide bonds. The van der Waals surface area contributed by atoms with Crippen molar-refractivity contribution in [3.63, 3.8) is 0 Å². The van der Waals surface area contributed by atoms with Gasteiger partial charge in [-0.15, -0.1) is 0 Å². The molecule has 15 heavy (non-hydrogen) atoms. The van der Waals surface area contributed by atoms with Crippen molar-refractivity contribution < 1.29 is 5.11 Å². The molecule has 2 atom stereocenters. The van der Waals surface area contributed by atoms with E-state index >= 15 is 0 Å². The number of hydrogen-bond acceptors (Lipinski definition) is 3. The minimum atomic E-state index is 0.278. The van der Waals surface area contributed by atoms with Gasteiger partial charge in [-0.2, -0.15) is 0 Å². The predicted molar refractivity (Wildman–Crippen MR) is 63.9 cm³/mol. The molecule has 0 radical (unpaired) electrons. The van der Waals surface area contributed by atoms with Crippen LogP contribution in [0.15, 0.2) is 22.9 Å². The summed E-state index contributed by atoms with van der Waals surface area (Å²) in [7, 11) is 0. The van der Waals surface area contributed by atoms with E-state index in [1.165, 1.54) is 5.69 Å². The summed E-state index contributed by atoms with van der Waals surface area (Å²) in [6.45, 7) is 3.45. The van der Waals surface area contributed by atoms with Crippen molar-refractivity contribution in [2.45, 2.75) is 19.4 Å². The third-order valence-electron chi connectivity index (χ3n) is 3.21. The number of aromatic nitrogens is 1. The lowest BCUT2D eigenvalue weighted by atomic mass is 10.0. The van der Waals surface area contributed by atoms with Crippen LogP contribution in [-0.2, 0) is 0 Å². The normalized spacial score (nSPS) is 25.9. The van der Waals surface area contributed by atoms with Crippen LogP contribution in [0, 0.1) is 5.92 Å². The second kappa shape index (κ2) is 4.49. The fourth-order valence-electron chi connectivity index (χ4n) is 2.19. The van der Waals surface area contributed by atoms with Crippen molar-refractivity contribution in [1.82, 2.24) is 4.98 Å². The molecule has 1 aromatic heterocycles. The van der Waals surface area contributed by atoms with Crippen LogP contribution in [0.3, 0.4) is 0 Å². The third-order valence-corrected chi connectivity index (χ3v) is 3.82. The second-order valence-electron chi connectivity index (χ2n) is 3.99. The predicted octanol–water partition coefficient (Wildman–Crippen LogP) is 2.05. The van der Waals surface area contributed by atoms with Gasteiger partial charge >= 0.3 is 0 Å². The van der Waals surface area contributed by atoms with Gasteiger partial charge in [0, 0.05) is 37.5 Å². The maximum atomic E-state index is 9.22. The molecular formula is C11H15BrN2O. The van der Waals surface area contributed by atoms with Crippen LogP contribution in [0.4, 0.5) is 5.69 Å². The van der Waals surface area contributed by atoms with Crippen LogP contribution in [0.25, 0.3) is 0 Å². The van der Waals surface area contributed by atoms with E-state index in [0.717, 1.165) is 17.4 Å². The standard InChI is InChI=1S/C11H15BrN2O/c1-8-9(7-15)3-5-14(8)11-2-4-13-6-10(11)12/h2,4,6,8-9,15H,3,5,7H2,1H3. The van der Waals surface area contributed by atoms with Crippen molar-refractivity contribution in [2.24, 2.45) is 5.92 Å². The molecule has 3 nitrogen and oxygen atoms in total. The molecule has 1 fully saturated rings. The van der Waals surface area contributed by atoms with Gasteiger partial charge in [-0.1, -0.05) is 0 Å². The maximum Gasteiger partial charge on any atom is 0.0592 e. The van der Waals surface area contributed by atoms with E-state index in [9.17, 15) is 5.11 Å². The van der Waals surface area contributed by atoms with Gasteiger partial charge in [0.05, 0.1) is 10.2 Å². The molecule has 0 aromatic carbocycles. The summed E-state index contributed by atoms with van der Waals surface area (Å²) in [5.41, 5.74) is 1.17. The van der Waals surface area contributed by atoms with Gasteiger partial charge in [0.25, 0.3) is 0 Å². The van der Waals surface area contributed by atoms with Gasteiger partial charge < -0.3 is 10.0 Å². The molecule has 1 aromatic rings. The molecule has 0 aliphatic carbocycles. The lowest BCUT2D eigenvalue weighted by Crippen LogP contribution is -2.31. The second-order valence-corrected chi connectivity index (χ2v) is 4.85. The van der Waals surface area contributed by atoms with E-state index in [1.807, 2.05) is 12.3 Å². The average Bonchev–Trinajstić information content (AvgIpc) is 2.60. The lowest BCUT2D eigenvalue weighted by Gasteiger charge is -2.26. The highest BCUT2D eigenvalue weighted by atomic mass is 79.9. The van der Waals surface area contributed by atoms with Gasteiger partial charge in [0.1, 0.15) is 0 Å². The van der Waals surface area contributed by atoms with Gasteiger partial charge in [-0.3, -0.25) is 4.98 Å². The first-order chi connectivity index (χ1) is 7.24. The fraction of sp³-hybridized carbons (Fsp3) is 0.545. The smallest absolute Gasteiger partial charge is 0.0592 e. The van der Waals surface area contributed by atoms with E-state index in [1.54, 1.807) is 6.20 Å². The number of nitrogens with zero attached hydrogens (tertiary/aromatic N) is 2. The van der Waals surface area contributed by atoms with Crippen LogP contribution in [0.1, 0.15) is 13.3 Å². The Balaban J connectivity index is 2.22. The molecule has 2 heterocycles. The molecule has 0 spiro atoms. The molecule has 0 bridgehead atoms.